The van der Waals surface area contributed by atoms with Crippen molar-refractivity contribution in [3.8, 4) is 0 Å². The SMILES string of the molecule is CN(Cc1ccc(CN(C(=O)C2=CN(C(C)(C)C)CCC2(C)C)c2ccccc2)cc1)c1ccccc1. The Balaban J connectivity index is 1.58. The molecule has 4 nitrogen and oxygen atoms in total. The van der Waals surface area contributed by atoms with Gasteiger partial charge in [0.1, 0.15) is 0 Å². The second-order valence-corrected chi connectivity index (χ2v) is 11.8. The lowest BCUT2D eigenvalue weighted by Crippen LogP contribution is -2.46. The van der Waals surface area contributed by atoms with Gasteiger partial charge in [-0.05, 0) is 68.0 Å². The maximum Gasteiger partial charge on any atom is 0.256 e. The highest BCUT2D eigenvalue weighted by Gasteiger charge is 2.37. The van der Waals surface area contributed by atoms with Crippen LogP contribution in [-0.2, 0) is 17.9 Å². The number of hydrogen-bond acceptors (Lipinski definition) is 3. The smallest absolute Gasteiger partial charge is 0.256 e. The third-order valence-electron chi connectivity index (χ3n) is 7.38. The Morgan fingerprint density at radius 3 is 1.86 bits per heavy atom. The summed E-state index contributed by atoms with van der Waals surface area (Å²) in [6.07, 6.45) is 3.07. The molecule has 4 rings (SSSR count). The highest BCUT2D eigenvalue weighted by molar-refractivity contribution is 6.06. The van der Waals surface area contributed by atoms with Gasteiger partial charge in [-0.2, -0.15) is 0 Å². The van der Waals surface area contributed by atoms with Crippen molar-refractivity contribution in [3.63, 3.8) is 0 Å². The zero-order valence-corrected chi connectivity index (χ0v) is 23.2. The van der Waals surface area contributed by atoms with Crippen molar-refractivity contribution < 1.29 is 4.79 Å². The van der Waals surface area contributed by atoms with Crippen molar-refractivity contribution in [2.75, 3.05) is 23.4 Å². The molecule has 1 heterocycles. The summed E-state index contributed by atoms with van der Waals surface area (Å²) in [5, 5.41) is 0. The van der Waals surface area contributed by atoms with Crippen LogP contribution in [0.2, 0.25) is 0 Å². The Kier molecular flexibility index (Phi) is 7.77. The Morgan fingerprint density at radius 1 is 0.811 bits per heavy atom. The highest BCUT2D eigenvalue weighted by atomic mass is 16.2. The molecule has 1 amide bonds. The molecule has 194 valence electrons. The summed E-state index contributed by atoms with van der Waals surface area (Å²) in [6, 6.07) is 29.1. The molecule has 0 unspecified atom stereocenters. The van der Waals surface area contributed by atoms with Gasteiger partial charge in [0.15, 0.2) is 0 Å². The van der Waals surface area contributed by atoms with Gasteiger partial charge >= 0.3 is 0 Å². The lowest BCUT2D eigenvalue weighted by atomic mass is 9.77. The Bertz CT molecular complexity index is 1210. The number of anilines is 2. The normalized spacial score (nSPS) is 15.2. The van der Waals surface area contributed by atoms with E-state index in [1.807, 2.05) is 41.3 Å². The van der Waals surface area contributed by atoms with E-state index in [2.05, 4.69) is 106 Å². The molecular formula is C33H41N3O. The van der Waals surface area contributed by atoms with E-state index in [9.17, 15) is 4.79 Å². The number of nitrogens with zero attached hydrogens (tertiary/aromatic N) is 3. The number of carbonyl (C=O) groups is 1. The van der Waals surface area contributed by atoms with Crippen molar-refractivity contribution in [2.24, 2.45) is 5.41 Å². The van der Waals surface area contributed by atoms with E-state index in [1.165, 1.54) is 11.3 Å². The van der Waals surface area contributed by atoms with Crippen LogP contribution < -0.4 is 9.80 Å². The fraction of sp³-hybridized carbons (Fsp3) is 0.364. The zero-order chi connectivity index (χ0) is 26.6. The van der Waals surface area contributed by atoms with Gasteiger partial charge < -0.3 is 14.7 Å². The van der Waals surface area contributed by atoms with Crippen LogP contribution >= 0.6 is 0 Å². The summed E-state index contributed by atoms with van der Waals surface area (Å²) >= 11 is 0. The summed E-state index contributed by atoms with van der Waals surface area (Å²) in [4.78, 5) is 20.7. The molecule has 0 bridgehead atoms. The van der Waals surface area contributed by atoms with E-state index >= 15 is 0 Å². The molecule has 0 aromatic heterocycles. The van der Waals surface area contributed by atoms with Gasteiger partial charge in [0.05, 0.1) is 6.54 Å². The maximum absolute atomic E-state index is 14.2. The molecule has 3 aromatic rings. The number of benzene rings is 3. The zero-order valence-electron chi connectivity index (χ0n) is 23.2. The minimum absolute atomic E-state index is 0.0254. The third kappa shape index (κ3) is 6.43. The number of hydrogen-bond donors (Lipinski definition) is 0. The minimum atomic E-state index is -0.183. The Morgan fingerprint density at radius 2 is 1.32 bits per heavy atom. The van der Waals surface area contributed by atoms with Crippen LogP contribution in [0.1, 0.15) is 52.2 Å². The fourth-order valence-corrected chi connectivity index (χ4v) is 4.82. The number of para-hydroxylation sites is 2. The molecule has 4 heteroatoms. The van der Waals surface area contributed by atoms with Crippen molar-refractivity contribution in [1.82, 2.24) is 4.90 Å². The Labute approximate surface area is 223 Å². The molecule has 0 aliphatic carbocycles. The molecule has 37 heavy (non-hydrogen) atoms. The molecule has 0 radical (unpaired) electrons. The van der Waals surface area contributed by atoms with E-state index in [0.29, 0.717) is 6.54 Å². The predicted octanol–water partition coefficient (Wildman–Crippen LogP) is 7.27. The van der Waals surface area contributed by atoms with Crippen LogP contribution in [-0.4, -0.2) is 29.9 Å². The van der Waals surface area contributed by atoms with E-state index in [4.69, 9.17) is 0 Å². The van der Waals surface area contributed by atoms with E-state index in [-0.39, 0.29) is 16.9 Å². The molecule has 0 spiro atoms. The van der Waals surface area contributed by atoms with Gasteiger partial charge in [-0.3, -0.25) is 4.79 Å². The largest absolute Gasteiger partial charge is 0.372 e. The summed E-state index contributed by atoms with van der Waals surface area (Å²) in [6.45, 7) is 13.3. The van der Waals surface area contributed by atoms with Gasteiger partial charge in [-0.15, -0.1) is 0 Å². The van der Waals surface area contributed by atoms with Gasteiger partial charge in [0.25, 0.3) is 5.91 Å². The van der Waals surface area contributed by atoms with Crippen molar-refractivity contribution in [1.29, 1.82) is 0 Å². The standard InChI is InChI=1S/C33H41N3O/c1-32(2,3)35-22-21-33(4,5)30(25-35)31(37)36(29-15-11-8-12-16-29)24-27-19-17-26(18-20-27)23-34(6)28-13-9-7-10-14-28/h7-20,25H,21-24H2,1-6H3. The second-order valence-electron chi connectivity index (χ2n) is 11.8. The summed E-state index contributed by atoms with van der Waals surface area (Å²) in [5.41, 5.74) is 5.14. The maximum atomic E-state index is 14.2. The van der Waals surface area contributed by atoms with Crippen LogP contribution in [0.5, 0.6) is 0 Å². The first kappa shape index (κ1) is 26.5. The molecule has 0 atom stereocenters. The van der Waals surface area contributed by atoms with Crippen LogP contribution in [0, 0.1) is 5.41 Å². The molecule has 1 aliphatic rings. The average molecular weight is 496 g/mol. The minimum Gasteiger partial charge on any atom is -0.372 e. The monoisotopic (exact) mass is 495 g/mol. The second kappa shape index (κ2) is 10.8. The summed E-state index contributed by atoms with van der Waals surface area (Å²) < 4.78 is 0. The van der Waals surface area contributed by atoms with E-state index in [1.54, 1.807) is 0 Å². The Hall–Kier alpha value is -3.53. The van der Waals surface area contributed by atoms with Gasteiger partial charge in [0, 0.05) is 48.8 Å². The fourth-order valence-electron chi connectivity index (χ4n) is 4.82. The quantitative estimate of drug-likeness (QED) is 0.345. The molecule has 1 aliphatic heterocycles. The first-order valence-electron chi connectivity index (χ1n) is 13.2. The van der Waals surface area contributed by atoms with E-state index in [0.717, 1.165) is 36.3 Å². The van der Waals surface area contributed by atoms with Gasteiger partial charge in [-0.1, -0.05) is 74.5 Å². The summed E-state index contributed by atoms with van der Waals surface area (Å²) in [5.74, 6) is 0.0815. The first-order chi connectivity index (χ1) is 17.5. The van der Waals surface area contributed by atoms with Crippen LogP contribution in [0.15, 0.2) is 96.7 Å². The van der Waals surface area contributed by atoms with E-state index < -0.39 is 0 Å². The number of amides is 1. The topological polar surface area (TPSA) is 26.8 Å². The lowest BCUT2D eigenvalue weighted by Gasteiger charge is -2.44. The van der Waals surface area contributed by atoms with Crippen molar-refractivity contribution in [2.45, 2.75) is 59.7 Å². The summed E-state index contributed by atoms with van der Waals surface area (Å²) in [7, 11) is 2.11. The van der Waals surface area contributed by atoms with Crippen LogP contribution in [0.3, 0.4) is 0 Å². The predicted molar refractivity (Wildman–Crippen MR) is 156 cm³/mol. The van der Waals surface area contributed by atoms with Gasteiger partial charge in [0.2, 0.25) is 0 Å². The number of rotatable bonds is 7. The molecule has 0 fully saturated rings. The first-order valence-corrected chi connectivity index (χ1v) is 13.2. The van der Waals surface area contributed by atoms with Crippen molar-refractivity contribution >= 4 is 17.3 Å². The van der Waals surface area contributed by atoms with Crippen LogP contribution in [0.4, 0.5) is 11.4 Å². The third-order valence-corrected chi connectivity index (χ3v) is 7.38. The molecular weight excluding hydrogens is 454 g/mol. The lowest BCUT2D eigenvalue weighted by molar-refractivity contribution is -0.116. The highest BCUT2D eigenvalue weighted by Crippen LogP contribution is 2.38. The molecule has 3 aromatic carbocycles. The molecule has 0 saturated heterocycles. The molecule has 0 N–H and O–H groups in total. The average Bonchev–Trinajstić information content (AvgIpc) is 2.88. The molecule has 0 saturated carbocycles. The van der Waals surface area contributed by atoms with Crippen molar-refractivity contribution in [3.05, 3.63) is 108 Å². The van der Waals surface area contributed by atoms with Gasteiger partial charge in [-0.25, -0.2) is 0 Å². The van der Waals surface area contributed by atoms with Crippen LogP contribution in [0.25, 0.3) is 0 Å². The number of carbonyl (C=O) groups excluding carboxylic acids is 1.